The van der Waals surface area contributed by atoms with Gasteiger partial charge in [-0.15, -0.1) is 0 Å². The van der Waals surface area contributed by atoms with Crippen LogP contribution in [-0.2, 0) is 6.42 Å². The zero-order chi connectivity index (χ0) is 21.4. The van der Waals surface area contributed by atoms with E-state index in [1.807, 2.05) is 13.8 Å². The van der Waals surface area contributed by atoms with Gasteiger partial charge in [-0.2, -0.15) is 12.6 Å². The number of hydrogen-bond donors (Lipinski definition) is 2. The first kappa shape index (κ1) is 25.3. The molecule has 5 rings (SSSR count). The number of rotatable bonds is 4. The fourth-order valence-electron chi connectivity index (χ4n) is 8.92. The van der Waals surface area contributed by atoms with E-state index >= 15 is 0 Å². The predicted molar refractivity (Wildman–Crippen MR) is 140 cm³/mol. The smallest absolute Gasteiger partial charge is 0.0189 e. The third kappa shape index (κ3) is 4.41. The third-order valence-corrected chi connectivity index (χ3v) is 11.2. The van der Waals surface area contributed by atoms with Crippen LogP contribution in [0, 0.1) is 40.9 Å². The molecule has 8 unspecified atom stereocenters. The highest BCUT2D eigenvalue weighted by Gasteiger charge is 2.60. The molecule has 0 aromatic carbocycles. The lowest BCUT2D eigenvalue weighted by atomic mass is 9.49. The van der Waals surface area contributed by atoms with Gasteiger partial charge in [-0.3, -0.25) is 0 Å². The minimum atomic E-state index is 0. The Morgan fingerprint density at radius 3 is 2.58 bits per heavy atom. The van der Waals surface area contributed by atoms with Gasteiger partial charge in [-0.05, 0) is 117 Å². The summed E-state index contributed by atoms with van der Waals surface area (Å²) in [6, 6.07) is 2.26. The molecule has 1 aromatic heterocycles. The maximum absolute atomic E-state index is 5.48. The molecule has 4 fully saturated rings. The molecule has 4 saturated carbocycles. The summed E-state index contributed by atoms with van der Waals surface area (Å²) in [6.07, 6.45) is 21.6. The Bertz CT molecular complexity index is 668. The zero-order valence-corrected chi connectivity index (χ0v) is 21.0. The topological polar surface area (TPSA) is 15.8 Å². The molecule has 2 heteroatoms. The summed E-state index contributed by atoms with van der Waals surface area (Å²) in [4.78, 5) is 3.23. The van der Waals surface area contributed by atoms with Crippen molar-refractivity contribution in [3.05, 3.63) is 24.0 Å². The van der Waals surface area contributed by atoms with Crippen molar-refractivity contribution in [3.8, 4) is 0 Å². The van der Waals surface area contributed by atoms with Crippen LogP contribution in [0.3, 0.4) is 0 Å². The van der Waals surface area contributed by atoms with Gasteiger partial charge in [0.1, 0.15) is 0 Å². The monoisotopic (exact) mass is 445 g/mol. The molecule has 1 N–H and O–H groups in total. The van der Waals surface area contributed by atoms with Crippen LogP contribution in [0.2, 0.25) is 0 Å². The van der Waals surface area contributed by atoms with Crippen LogP contribution in [-0.4, -0.2) is 9.73 Å². The Labute approximate surface area is 199 Å². The number of aryl methyl sites for hydroxylation is 1. The number of aromatic nitrogens is 1. The molecule has 0 aliphatic heterocycles. The van der Waals surface area contributed by atoms with Crippen molar-refractivity contribution in [2.45, 2.75) is 117 Å². The normalized spacial score (nSPS) is 42.2. The Kier molecular flexibility index (Phi) is 8.37. The largest absolute Gasteiger partial charge is 0.367 e. The van der Waals surface area contributed by atoms with E-state index in [1.165, 1.54) is 82.6 Å². The van der Waals surface area contributed by atoms with Crippen molar-refractivity contribution < 1.29 is 0 Å². The second-order valence-electron chi connectivity index (χ2n) is 11.4. The number of H-pyrrole nitrogens is 1. The van der Waals surface area contributed by atoms with Crippen LogP contribution >= 0.6 is 12.6 Å². The fourth-order valence-corrected chi connectivity index (χ4v) is 9.66. The summed E-state index contributed by atoms with van der Waals surface area (Å²) in [5, 5.41) is 0. The van der Waals surface area contributed by atoms with E-state index in [2.05, 4.69) is 37.3 Å². The number of nitrogens with one attached hydrogen (secondary N) is 1. The van der Waals surface area contributed by atoms with E-state index in [0.717, 1.165) is 35.5 Å². The van der Waals surface area contributed by atoms with Gasteiger partial charge < -0.3 is 4.98 Å². The van der Waals surface area contributed by atoms with Crippen molar-refractivity contribution in [1.82, 2.24) is 4.98 Å². The molecule has 31 heavy (non-hydrogen) atoms. The highest BCUT2D eigenvalue weighted by molar-refractivity contribution is 7.81. The maximum atomic E-state index is 5.48. The Morgan fingerprint density at radius 2 is 1.84 bits per heavy atom. The molecule has 4 aliphatic rings. The van der Waals surface area contributed by atoms with Gasteiger partial charge in [0, 0.05) is 17.1 Å². The second-order valence-corrected chi connectivity index (χ2v) is 12.2. The van der Waals surface area contributed by atoms with Gasteiger partial charge in [0.25, 0.3) is 0 Å². The lowest BCUT2D eigenvalue weighted by Crippen LogP contribution is -2.55. The summed E-state index contributed by atoms with van der Waals surface area (Å²) < 4.78 is 0.389. The van der Waals surface area contributed by atoms with E-state index < -0.39 is 0 Å². The molecule has 0 spiro atoms. The fraction of sp³-hybridized carbons (Fsp3) is 0.862. The van der Waals surface area contributed by atoms with E-state index in [0.29, 0.717) is 10.2 Å². The Balaban J connectivity index is 0.000000883. The summed E-state index contributed by atoms with van der Waals surface area (Å²) >= 11 is 5.48. The minimum absolute atomic E-state index is 0. The summed E-state index contributed by atoms with van der Waals surface area (Å²) in [7, 11) is 0. The molecule has 8 atom stereocenters. The average molecular weight is 446 g/mol. The van der Waals surface area contributed by atoms with Gasteiger partial charge in [0.05, 0.1) is 0 Å². The number of fused-ring (bicyclic) bond motifs is 5. The van der Waals surface area contributed by atoms with E-state index in [-0.39, 0.29) is 7.43 Å². The summed E-state index contributed by atoms with van der Waals surface area (Å²) in [5.74, 6) is 5.61. The van der Waals surface area contributed by atoms with Gasteiger partial charge >= 0.3 is 0 Å². The summed E-state index contributed by atoms with van der Waals surface area (Å²) in [5.41, 5.74) is 2.09. The standard InChI is InChI=1S/C26H41NS.C2H6.CH4/c1-18(6-7-19-13-16-27-17-19)22-10-11-23-21-9-8-20-5-3-4-14-26(20,28)24(21)12-15-25(22,23)2;1-2;/h13,16-18,20-24,27-28H,3-12,14-15H2,1-2H3;1-2H3;1H4. The number of hydrogen-bond acceptors (Lipinski definition) is 1. The van der Waals surface area contributed by atoms with Crippen LogP contribution in [0.15, 0.2) is 18.5 Å². The maximum Gasteiger partial charge on any atom is 0.0189 e. The molecule has 4 aliphatic carbocycles. The molecule has 0 radical (unpaired) electrons. The molecule has 0 bridgehead atoms. The lowest BCUT2D eigenvalue weighted by Gasteiger charge is -2.60. The van der Waals surface area contributed by atoms with Crippen molar-refractivity contribution in [3.63, 3.8) is 0 Å². The van der Waals surface area contributed by atoms with Crippen LogP contribution in [0.1, 0.15) is 111 Å². The van der Waals surface area contributed by atoms with Gasteiger partial charge in [-0.25, -0.2) is 0 Å². The third-order valence-electron chi connectivity index (χ3n) is 10.3. The van der Waals surface area contributed by atoms with Gasteiger partial charge in [0.2, 0.25) is 0 Å². The van der Waals surface area contributed by atoms with Gasteiger partial charge in [-0.1, -0.05) is 48.0 Å². The minimum Gasteiger partial charge on any atom is -0.367 e. The number of aromatic amines is 1. The summed E-state index contributed by atoms with van der Waals surface area (Å²) in [6.45, 7) is 9.27. The second kappa shape index (κ2) is 10.3. The van der Waals surface area contributed by atoms with Crippen LogP contribution in [0.4, 0.5) is 0 Å². The molecule has 1 heterocycles. The Morgan fingerprint density at radius 1 is 1.03 bits per heavy atom. The van der Waals surface area contributed by atoms with Crippen LogP contribution in [0.25, 0.3) is 0 Å². The first-order valence-electron chi connectivity index (χ1n) is 13.4. The van der Waals surface area contributed by atoms with E-state index in [9.17, 15) is 0 Å². The molecular weight excluding hydrogens is 394 g/mol. The quantitative estimate of drug-likeness (QED) is 0.430. The molecule has 1 nitrogen and oxygen atoms in total. The first-order valence-corrected chi connectivity index (χ1v) is 13.8. The van der Waals surface area contributed by atoms with E-state index in [4.69, 9.17) is 12.6 Å². The number of thiol groups is 1. The zero-order valence-electron chi connectivity index (χ0n) is 20.1. The SMILES string of the molecule is C.CC.CC(CCc1cc[nH]c1)C1CCC2C3CCC4CCCCC4(S)C3CCC12C. The van der Waals surface area contributed by atoms with Crippen molar-refractivity contribution in [2.75, 3.05) is 0 Å². The first-order chi connectivity index (χ1) is 14.5. The van der Waals surface area contributed by atoms with E-state index in [1.54, 1.807) is 0 Å². The van der Waals surface area contributed by atoms with Crippen molar-refractivity contribution in [2.24, 2.45) is 40.9 Å². The van der Waals surface area contributed by atoms with Crippen molar-refractivity contribution >= 4 is 12.6 Å². The molecule has 0 saturated heterocycles. The lowest BCUT2D eigenvalue weighted by molar-refractivity contribution is -0.0556. The molecule has 178 valence electrons. The van der Waals surface area contributed by atoms with Crippen molar-refractivity contribution in [1.29, 1.82) is 0 Å². The van der Waals surface area contributed by atoms with Crippen LogP contribution < -0.4 is 0 Å². The average Bonchev–Trinajstić information content (AvgIpc) is 3.40. The molecular formula is C29H51NS. The molecule has 0 amide bonds. The van der Waals surface area contributed by atoms with Gasteiger partial charge in [0.15, 0.2) is 0 Å². The highest BCUT2D eigenvalue weighted by atomic mass is 32.1. The Hall–Kier alpha value is -0.370. The molecule has 1 aromatic rings. The van der Waals surface area contributed by atoms with Crippen LogP contribution in [0.5, 0.6) is 0 Å². The highest BCUT2D eigenvalue weighted by Crippen LogP contribution is 2.67. The predicted octanol–water partition coefficient (Wildman–Crippen LogP) is 8.96.